The lowest BCUT2D eigenvalue weighted by atomic mass is 10.0. The largest absolute Gasteiger partial charge is 0.380 e. The molecule has 0 radical (unpaired) electrons. The topological polar surface area (TPSA) is 50.4 Å². The molecule has 1 amide bonds. The van der Waals surface area contributed by atoms with Crippen LogP contribution in [0.15, 0.2) is 24.3 Å². The monoisotopic (exact) mass is 248 g/mol. The molecule has 1 saturated heterocycles. The summed E-state index contributed by atoms with van der Waals surface area (Å²) in [7, 11) is 1.65. The molecular formula is C14H20N2O2. The minimum Gasteiger partial charge on any atom is -0.380 e. The number of piperidine rings is 1. The second-order valence-electron chi connectivity index (χ2n) is 4.58. The van der Waals surface area contributed by atoms with Crippen molar-refractivity contribution in [1.82, 2.24) is 5.32 Å². The van der Waals surface area contributed by atoms with Crippen molar-refractivity contribution in [2.45, 2.75) is 31.9 Å². The van der Waals surface area contributed by atoms with Gasteiger partial charge in [-0.15, -0.1) is 0 Å². The maximum Gasteiger partial charge on any atom is 0.241 e. The SMILES string of the molecule is COCc1ccccc1NC(=O)[C@H]1CCCCN1. The van der Waals surface area contributed by atoms with E-state index in [0.717, 1.165) is 37.1 Å². The van der Waals surface area contributed by atoms with Crippen LogP contribution in [0.1, 0.15) is 24.8 Å². The fraction of sp³-hybridized carbons (Fsp3) is 0.500. The Hall–Kier alpha value is -1.39. The summed E-state index contributed by atoms with van der Waals surface area (Å²) in [5.41, 5.74) is 1.85. The van der Waals surface area contributed by atoms with Gasteiger partial charge in [0.25, 0.3) is 0 Å². The molecule has 98 valence electrons. The third-order valence-electron chi connectivity index (χ3n) is 3.20. The molecule has 0 aromatic heterocycles. The van der Waals surface area contributed by atoms with Gasteiger partial charge in [-0.3, -0.25) is 4.79 Å². The third-order valence-corrected chi connectivity index (χ3v) is 3.20. The maximum absolute atomic E-state index is 12.1. The lowest BCUT2D eigenvalue weighted by Gasteiger charge is -2.23. The summed E-state index contributed by atoms with van der Waals surface area (Å²) in [6.07, 6.45) is 3.19. The molecule has 4 nitrogen and oxygen atoms in total. The zero-order chi connectivity index (χ0) is 12.8. The Balaban J connectivity index is 2.01. The van der Waals surface area contributed by atoms with Gasteiger partial charge in [-0.2, -0.15) is 0 Å². The molecule has 1 aromatic rings. The summed E-state index contributed by atoms with van der Waals surface area (Å²) in [6, 6.07) is 7.68. The molecule has 0 unspecified atom stereocenters. The van der Waals surface area contributed by atoms with Crippen LogP contribution < -0.4 is 10.6 Å². The molecule has 1 atom stereocenters. The van der Waals surface area contributed by atoms with E-state index in [0.29, 0.717) is 6.61 Å². The van der Waals surface area contributed by atoms with Gasteiger partial charge in [-0.05, 0) is 25.5 Å². The Kier molecular flexibility index (Phi) is 4.73. The highest BCUT2D eigenvalue weighted by atomic mass is 16.5. The van der Waals surface area contributed by atoms with E-state index in [-0.39, 0.29) is 11.9 Å². The summed E-state index contributed by atoms with van der Waals surface area (Å²) in [4.78, 5) is 12.1. The van der Waals surface area contributed by atoms with Crippen molar-refractivity contribution < 1.29 is 9.53 Å². The molecule has 4 heteroatoms. The van der Waals surface area contributed by atoms with Gasteiger partial charge in [-0.25, -0.2) is 0 Å². The molecule has 0 aliphatic carbocycles. The van der Waals surface area contributed by atoms with Crippen LogP contribution in [-0.4, -0.2) is 25.6 Å². The van der Waals surface area contributed by atoms with E-state index in [1.807, 2.05) is 24.3 Å². The first kappa shape index (κ1) is 13.1. The predicted molar refractivity (Wildman–Crippen MR) is 71.4 cm³/mol. The Labute approximate surface area is 108 Å². The van der Waals surface area contributed by atoms with Crippen LogP contribution in [0.5, 0.6) is 0 Å². The fourth-order valence-corrected chi connectivity index (χ4v) is 2.22. The molecule has 1 aromatic carbocycles. The average molecular weight is 248 g/mol. The zero-order valence-electron chi connectivity index (χ0n) is 10.7. The smallest absolute Gasteiger partial charge is 0.241 e. The number of nitrogens with one attached hydrogen (secondary N) is 2. The normalized spacial score (nSPS) is 19.5. The third kappa shape index (κ3) is 3.31. The number of benzene rings is 1. The lowest BCUT2D eigenvalue weighted by molar-refractivity contribution is -0.118. The van der Waals surface area contributed by atoms with Gasteiger partial charge < -0.3 is 15.4 Å². The zero-order valence-corrected chi connectivity index (χ0v) is 10.7. The molecule has 0 spiro atoms. The minimum absolute atomic E-state index is 0.0539. The molecule has 1 aliphatic heterocycles. The minimum atomic E-state index is -0.0608. The first-order chi connectivity index (χ1) is 8.81. The van der Waals surface area contributed by atoms with Gasteiger partial charge in [0, 0.05) is 18.4 Å². The van der Waals surface area contributed by atoms with Crippen LogP contribution in [0.2, 0.25) is 0 Å². The number of rotatable bonds is 4. The maximum atomic E-state index is 12.1. The van der Waals surface area contributed by atoms with E-state index in [2.05, 4.69) is 10.6 Å². The summed E-state index contributed by atoms with van der Waals surface area (Å²) >= 11 is 0. The summed E-state index contributed by atoms with van der Waals surface area (Å²) < 4.78 is 5.13. The molecule has 2 N–H and O–H groups in total. The Morgan fingerprint density at radius 3 is 3.00 bits per heavy atom. The van der Waals surface area contributed by atoms with Crippen molar-refractivity contribution >= 4 is 11.6 Å². The molecule has 1 heterocycles. The van der Waals surface area contributed by atoms with Gasteiger partial charge in [-0.1, -0.05) is 24.6 Å². The van der Waals surface area contributed by atoms with Gasteiger partial charge in [0.15, 0.2) is 0 Å². The molecule has 18 heavy (non-hydrogen) atoms. The number of hydrogen-bond acceptors (Lipinski definition) is 3. The molecule has 1 fully saturated rings. The highest BCUT2D eigenvalue weighted by molar-refractivity contribution is 5.95. The van der Waals surface area contributed by atoms with Gasteiger partial charge in [0.05, 0.1) is 12.6 Å². The van der Waals surface area contributed by atoms with Gasteiger partial charge in [0.1, 0.15) is 0 Å². The van der Waals surface area contributed by atoms with E-state index < -0.39 is 0 Å². The highest BCUT2D eigenvalue weighted by Gasteiger charge is 2.20. The van der Waals surface area contributed by atoms with Crippen molar-refractivity contribution in [3.05, 3.63) is 29.8 Å². The van der Waals surface area contributed by atoms with Crippen LogP contribution in [0.25, 0.3) is 0 Å². The van der Waals surface area contributed by atoms with Crippen LogP contribution in [0.4, 0.5) is 5.69 Å². The average Bonchev–Trinajstić information content (AvgIpc) is 2.42. The molecule has 0 saturated carbocycles. The summed E-state index contributed by atoms with van der Waals surface area (Å²) in [6.45, 7) is 1.44. The molecule has 1 aliphatic rings. The second kappa shape index (κ2) is 6.52. The first-order valence-electron chi connectivity index (χ1n) is 6.42. The number of para-hydroxylation sites is 1. The predicted octanol–water partition coefficient (Wildman–Crippen LogP) is 1.91. The van der Waals surface area contributed by atoms with Crippen LogP contribution in [-0.2, 0) is 16.1 Å². The van der Waals surface area contributed by atoms with E-state index in [1.54, 1.807) is 7.11 Å². The van der Waals surface area contributed by atoms with Crippen molar-refractivity contribution in [3.63, 3.8) is 0 Å². The van der Waals surface area contributed by atoms with E-state index >= 15 is 0 Å². The standard InChI is InChI=1S/C14H20N2O2/c1-18-10-11-6-2-3-7-12(11)16-14(17)13-8-4-5-9-15-13/h2-3,6-7,13,15H,4-5,8-10H2,1H3,(H,16,17)/t13-/m1/s1. The fourth-order valence-electron chi connectivity index (χ4n) is 2.22. The van der Waals surface area contributed by atoms with Crippen molar-refractivity contribution in [1.29, 1.82) is 0 Å². The number of hydrogen-bond donors (Lipinski definition) is 2. The van der Waals surface area contributed by atoms with Crippen LogP contribution >= 0.6 is 0 Å². The van der Waals surface area contributed by atoms with E-state index in [1.165, 1.54) is 0 Å². The number of amides is 1. The molecule has 2 rings (SSSR count). The highest BCUT2D eigenvalue weighted by Crippen LogP contribution is 2.17. The van der Waals surface area contributed by atoms with E-state index in [9.17, 15) is 4.79 Å². The number of carbonyl (C=O) groups excluding carboxylic acids is 1. The van der Waals surface area contributed by atoms with Crippen molar-refractivity contribution in [2.75, 3.05) is 19.0 Å². The first-order valence-corrected chi connectivity index (χ1v) is 6.42. The molecule has 0 bridgehead atoms. The van der Waals surface area contributed by atoms with Gasteiger partial charge >= 0.3 is 0 Å². The summed E-state index contributed by atoms with van der Waals surface area (Å²) in [5.74, 6) is 0.0539. The van der Waals surface area contributed by atoms with Crippen LogP contribution in [0.3, 0.4) is 0 Å². The quantitative estimate of drug-likeness (QED) is 0.856. The Morgan fingerprint density at radius 1 is 1.44 bits per heavy atom. The lowest BCUT2D eigenvalue weighted by Crippen LogP contribution is -2.43. The van der Waals surface area contributed by atoms with Crippen LogP contribution in [0, 0.1) is 0 Å². The number of methoxy groups -OCH3 is 1. The number of anilines is 1. The second-order valence-corrected chi connectivity index (χ2v) is 4.58. The Morgan fingerprint density at radius 2 is 2.28 bits per heavy atom. The summed E-state index contributed by atoms with van der Waals surface area (Å²) in [5, 5.41) is 6.23. The number of ether oxygens (including phenoxy) is 1. The van der Waals surface area contributed by atoms with Crippen molar-refractivity contribution in [2.24, 2.45) is 0 Å². The Bertz CT molecular complexity index is 401. The van der Waals surface area contributed by atoms with Crippen molar-refractivity contribution in [3.8, 4) is 0 Å². The molecular weight excluding hydrogens is 228 g/mol. The van der Waals surface area contributed by atoms with E-state index in [4.69, 9.17) is 4.74 Å². The van der Waals surface area contributed by atoms with Gasteiger partial charge in [0.2, 0.25) is 5.91 Å². The number of carbonyl (C=O) groups is 1.